The number of methoxy groups -OCH3 is 1. The number of aromatic nitrogens is 3. The smallest absolute Gasteiger partial charge is 0.421 e. The monoisotopic (exact) mass is 624 g/mol. The number of rotatable bonds is 8. The second kappa shape index (κ2) is 11.4. The van der Waals surface area contributed by atoms with Crippen molar-refractivity contribution in [3.05, 3.63) is 74.3 Å². The van der Waals surface area contributed by atoms with Gasteiger partial charge in [-0.05, 0) is 42.7 Å². The standard InChI is InChI=1S/C28H25ClF4N4O4S/c1-39-27(38)23-10-22-26(42-23)35-24(37(22)11-18-5-7-40-18)13-36-6-4-15-8-19(28(31,32)33)25(34-21(15)12-36)41-14-16-2-3-17(29)9-20(16)30/h2-3,8-10,18H,4-7,11-14H2,1H3/t18-/m0/s1. The van der Waals surface area contributed by atoms with Crippen LogP contribution in [0.25, 0.3) is 10.3 Å². The zero-order valence-corrected chi connectivity index (χ0v) is 23.9. The lowest BCUT2D eigenvalue weighted by Gasteiger charge is -2.30. The molecule has 2 aliphatic rings. The van der Waals surface area contributed by atoms with E-state index in [4.69, 9.17) is 30.8 Å². The van der Waals surface area contributed by atoms with Crippen molar-refractivity contribution in [1.82, 2.24) is 19.4 Å². The molecule has 8 nitrogen and oxygen atoms in total. The summed E-state index contributed by atoms with van der Waals surface area (Å²) in [6, 6.07) is 6.71. The van der Waals surface area contributed by atoms with Gasteiger partial charge in [-0.2, -0.15) is 13.2 Å². The Morgan fingerprint density at radius 3 is 2.74 bits per heavy atom. The van der Waals surface area contributed by atoms with Gasteiger partial charge in [0.1, 0.15) is 33.5 Å². The van der Waals surface area contributed by atoms with E-state index in [0.717, 1.165) is 29.9 Å². The fourth-order valence-corrected chi connectivity index (χ4v) is 6.18. The molecule has 0 radical (unpaired) electrons. The van der Waals surface area contributed by atoms with E-state index in [1.54, 1.807) is 6.07 Å². The van der Waals surface area contributed by atoms with Crippen molar-refractivity contribution in [1.29, 1.82) is 0 Å². The van der Waals surface area contributed by atoms with Crippen molar-refractivity contribution in [2.75, 3.05) is 20.3 Å². The van der Waals surface area contributed by atoms with E-state index in [-0.39, 0.29) is 23.2 Å². The van der Waals surface area contributed by atoms with Crippen molar-refractivity contribution < 1.29 is 36.6 Å². The molecule has 2 aliphatic heterocycles. The van der Waals surface area contributed by atoms with Crippen LogP contribution in [-0.4, -0.2) is 51.8 Å². The first-order valence-electron chi connectivity index (χ1n) is 13.2. The first-order chi connectivity index (χ1) is 20.1. The normalized spacial score (nSPS) is 17.2. The molecular formula is C28H25ClF4N4O4S. The van der Waals surface area contributed by atoms with Gasteiger partial charge in [0.2, 0.25) is 5.88 Å². The van der Waals surface area contributed by atoms with Gasteiger partial charge in [0.25, 0.3) is 0 Å². The van der Waals surface area contributed by atoms with Gasteiger partial charge >= 0.3 is 12.1 Å². The lowest BCUT2D eigenvalue weighted by molar-refractivity contribution is -0.139. The summed E-state index contributed by atoms with van der Waals surface area (Å²) in [4.78, 5) is 24.3. The molecule has 1 atom stereocenters. The van der Waals surface area contributed by atoms with Crippen LogP contribution in [-0.2, 0) is 48.3 Å². The second-order valence-electron chi connectivity index (χ2n) is 10.1. The average molecular weight is 625 g/mol. The molecule has 6 rings (SSSR count). The zero-order chi connectivity index (χ0) is 29.6. The summed E-state index contributed by atoms with van der Waals surface area (Å²) < 4.78 is 74.0. The Hall–Kier alpha value is -3.26. The number of hydrogen-bond donors (Lipinski definition) is 0. The summed E-state index contributed by atoms with van der Waals surface area (Å²) in [6.07, 6.45) is -3.39. The van der Waals surface area contributed by atoms with Crippen molar-refractivity contribution in [3.63, 3.8) is 0 Å². The van der Waals surface area contributed by atoms with Gasteiger partial charge in [-0.25, -0.2) is 19.2 Å². The Bertz CT molecular complexity index is 1650. The predicted octanol–water partition coefficient (Wildman–Crippen LogP) is 6.02. The lowest BCUT2D eigenvalue weighted by Crippen LogP contribution is -2.34. The quantitative estimate of drug-likeness (QED) is 0.175. The molecule has 1 saturated heterocycles. The van der Waals surface area contributed by atoms with Crippen LogP contribution in [0.1, 0.15) is 44.3 Å². The van der Waals surface area contributed by atoms with Crippen LogP contribution in [0.5, 0.6) is 5.88 Å². The van der Waals surface area contributed by atoms with Crippen LogP contribution in [0.2, 0.25) is 5.02 Å². The van der Waals surface area contributed by atoms with Crippen LogP contribution in [0, 0.1) is 5.82 Å². The average Bonchev–Trinajstić information content (AvgIpc) is 3.46. The summed E-state index contributed by atoms with van der Waals surface area (Å²) in [5.41, 5.74) is 0.809. The highest BCUT2D eigenvalue weighted by Crippen LogP contribution is 2.38. The van der Waals surface area contributed by atoms with Crippen molar-refractivity contribution in [3.8, 4) is 5.88 Å². The zero-order valence-electron chi connectivity index (χ0n) is 22.3. The number of imidazole rings is 1. The minimum atomic E-state index is -4.70. The Morgan fingerprint density at radius 2 is 2.05 bits per heavy atom. The Balaban J connectivity index is 1.25. The molecule has 1 aromatic carbocycles. The highest BCUT2D eigenvalue weighted by Gasteiger charge is 2.37. The number of hydrogen-bond acceptors (Lipinski definition) is 8. The minimum Gasteiger partial charge on any atom is -0.472 e. The number of fused-ring (bicyclic) bond motifs is 2. The van der Waals surface area contributed by atoms with E-state index < -0.39 is 36.0 Å². The van der Waals surface area contributed by atoms with Crippen molar-refractivity contribution >= 4 is 39.3 Å². The van der Waals surface area contributed by atoms with E-state index in [2.05, 4.69) is 9.88 Å². The number of carbonyl (C=O) groups excluding carboxylic acids is 1. The molecule has 0 spiro atoms. The Kier molecular flexibility index (Phi) is 7.85. The van der Waals surface area contributed by atoms with E-state index >= 15 is 0 Å². The molecule has 0 bridgehead atoms. The van der Waals surface area contributed by atoms with Crippen LogP contribution in [0.15, 0.2) is 30.3 Å². The topological polar surface area (TPSA) is 78.7 Å². The van der Waals surface area contributed by atoms with Gasteiger partial charge in [0, 0.05) is 30.3 Å². The van der Waals surface area contributed by atoms with Crippen LogP contribution < -0.4 is 4.74 Å². The molecule has 5 heterocycles. The van der Waals surface area contributed by atoms with Crippen molar-refractivity contribution in [2.24, 2.45) is 0 Å². The third-order valence-corrected chi connectivity index (χ3v) is 8.60. The van der Waals surface area contributed by atoms with Gasteiger partial charge in [-0.1, -0.05) is 17.7 Å². The van der Waals surface area contributed by atoms with Gasteiger partial charge in [0.05, 0.1) is 37.5 Å². The molecule has 0 N–H and O–H groups in total. The highest BCUT2D eigenvalue weighted by molar-refractivity contribution is 7.20. The molecule has 4 aromatic rings. The third-order valence-electron chi connectivity index (χ3n) is 7.37. The van der Waals surface area contributed by atoms with Crippen LogP contribution >= 0.6 is 22.9 Å². The number of halogens is 5. The summed E-state index contributed by atoms with van der Waals surface area (Å²) in [7, 11) is 1.33. The molecule has 0 unspecified atom stereocenters. The Morgan fingerprint density at radius 1 is 1.24 bits per heavy atom. The molecule has 42 heavy (non-hydrogen) atoms. The van der Waals surface area contributed by atoms with E-state index in [0.29, 0.717) is 53.6 Å². The lowest BCUT2D eigenvalue weighted by atomic mass is 10.0. The molecule has 222 valence electrons. The molecule has 0 aliphatic carbocycles. The largest absolute Gasteiger partial charge is 0.472 e. The summed E-state index contributed by atoms with van der Waals surface area (Å²) in [5.74, 6) is -0.952. The molecule has 0 amide bonds. The number of nitrogens with zero attached hydrogens (tertiary/aromatic N) is 4. The summed E-state index contributed by atoms with van der Waals surface area (Å²) in [6.45, 7) is 2.00. The second-order valence-corrected chi connectivity index (χ2v) is 11.6. The first-order valence-corrected chi connectivity index (χ1v) is 14.4. The molecule has 1 fully saturated rings. The summed E-state index contributed by atoms with van der Waals surface area (Å²) >= 11 is 7.02. The SMILES string of the molecule is COC(=O)c1cc2c(nc(CN3CCc4cc(C(F)(F)F)c(OCc5ccc(Cl)cc5F)nc4C3)n2C[C@@H]2CCO2)s1. The third kappa shape index (κ3) is 5.83. The number of pyridine rings is 1. The van der Waals surface area contributed by atoms with Gasteiger partial charge in [-0.3, -0.25) is 4.90 Å². The van der Waals surface area contributed by atoms with Gasteiger partial charge in [-0.15, -0.1) is 11.3 Å². The number of alkyl halides is 3. The number of ether oxygens (including phenoxy) is 3. The van der Waals surface area contributed by atoms with Gasteiger partial charge < -0.3 is 18.8 Å². The summed E-state index contributed by atoms with van der Waals surface area (Å²) in [5, 5.41) is 0.170. The van der Waals surface area contributed by atoms with E-state index in [1.165, 1.54) is 30.6 Å². The maximum Gasteiger partial charge on any atom is 0.421 e. The van der Waals surface area contributed by atoms with Gasteiger partial charge in [0.15, 0.2) is 0 Å². The molecule has 14 heteroatoms. The fraction of sp³-hybridized carbons (Fsp3) is 0.393. The molecular weight excluding hydrogens is 600 g/mol. The number of esters is 1. The maximum atomic E-state index is 14.2. The highest BCUT2D eigenvalue weighted by atomic mass is 35.5. The first kappa shape index (κ1) is 28.8. The fourth-order valence-electron chi connectivity index (χ4n) is 5.05. The molecule has 0 saturated carbocycles. The minimum absolute atomic E-state index is 0.0392. The number of thiophene rings is 1. The predicted molar refractivity (Wildman–Crippen MR) is 146 cm³/mol. The van der Waals surface area contributed by atoms with Crippen LogP contribution in [0.4, 0.5) is 17.6 Å². The maximum absolute atomic E-state index is 14.2. The number of benzene rings is 1. The molecule has 3 aromatic heterocycles. The van der Waals surface area contributed by atoms with Crippen LogP contribution in [0.3, 0.4) is 0 Å². The van der Waals surface area contributed by atoms with E-state index in [9.17, 15) is 22.4 Å². The number of carbonyl (C=O) groups is 1. The van der Waals surface area contributed by atoms with Crippen molar-refractivity contribution in [2.45, 2.75) is 51.4 Å². The Labute approximate surface area is 246 Å². The van der Waals surface area contributed by atoms with E-state index in [1.807, 2.05) is 4.57 Å².